The molecule has 2 atom stereocenters. The topological polar surface area (TPSA) is 6.48 Å². The van der Waals surface area contributed by atoms with E-state index in [1.165, 1.54) is 16.7 Å². The Hall–Kier alpha value is -1.42. The molecule has 0 spiro atoms. The molecule has 0 radical (unpaired) electrons. The van der Waals surface area contributed by atoms with Crippen molar-refractivity contribution in [2.45, 2.75) is 37.8 Å². The second-order valence-electron chi connectivity index (χ2n) is 8.33. The molecule has 138 valence electrons. The number of hydrogen-bond donors (Lipinski definition) is 0. The minimum absolute atomic E-state index is 0.158. The van der Waals surface area contributed by atoms with Gasteiger partial charge < -0.3 is 0 Å². The molecule has 0 unspecified atom stereocenters. The molecule has 0 aromatic heterocycles. The van der Waals surface area contributed by atoms with Crippen LogP contribution in [0.4, 0.5) is 4.39 Å². The maximum Gasteiger partial charge on any atom is 0.123 e. The first-order chi connectivity index (χ1) is 12.3. The number of rotatable bonds is 2. The number of nitrogens with zero attached hydrogens (tertiary/aromatic N) is 2. The molecule has 1 heterocycles. The van der Waals surface area contributed by atoms with Gasteiger partial charge in [-0.2, -0.15) is 0 Å². The summed E-state index contributed by atoms with van der Waals surface area (Å²) < 4.78 is 13.4. The van der Waals surface area contributed by atoms with Crippen molar-refractivity contribution in [3.8, 4) is 0 Å². The Kier molecular flexibility index (Phi) is 4.58. The molecule has 0 amide bonds. The van der Waals surface area contributed by atoms with Gasteiger partial charge in [0.25, 0.3) is 0 Å². The summed E-state index contributed by atoms with van der Waals surface area (Å²) in [7, 11) is 2.21. The van der Waals surface area contributed by atoms with Crippen LogP contribution in [-0.2, 0) is 0 Å². The molecule has 0 bridgehead atoms. The Morgan fingerprint density at radius 1 is 1.04 bits per heavy atom. The summed E-state index contributed by atoms with van der Waals surface area (Å²) in [5.41, 5.74) is 4.02. The fraction of sp³-hybridized carbons (Fsp3) is 0.455. The van der Waals surface area contributed by atoms with Gasteiger partial charge in [0.2, 0.25) is 0 Å². The minimum Gasteiger partial charge on any atom is -0.299 e. The zero-order chi connectivity index (χ0) is 18.5. The molecule has 4 heteroatoms. The third-order valence-electron chi connectivity index (χ3n) is 6.30. The van der Waals surface area contributed by atoms with Crippen molar-refractivity contribution in [3.63, 3.8) is 0 Å². The Labute approximate surface area is 160 Å². The molecule has 4 rings (SSSR count). The third-order valence-corrected chi connectivity index (χ3v) is 6.54. The van der Waals surface area contributed by atoms with E-state index >= 15 is 0 Å². The lowest BCUT2D eigenvalue weighted by Crippen LogP contribution is -2.58. The lowest BCUT2D eigenvalue weighted by Gasteiger charge is -2.47. The van der Waals surface area contributed by atoms with E-state index in [2.05, 4.69) is 42.8 Å². The first-order valence-electron chi connectivity index (χ1n) is 9.35. The summed E-state index contributed by atoms with van der Waals surface area (Å²) in [4.78, 5) is 5.05. The van der Waals surface area contributed by atoms with E-state index < -0.39 is 0 Å². The molecule has 1 aliphatic heterocycles. The second kappa shape index (κ2) is 6.63. The fourth-order valence-corrected chi connectivity index (χ4v) is 4.71. The lowest BCUT2D eigenvalue weighted by molar-refractivity contribution is 0.0158. The van der Waals surface area contributed by atoms with E-state index in [0.717, 1.165) is 31.1 Å². The SMILES string of the molecule is CN1CCN([C@@H]2C[C@@H](c3ccc(F)cc3)c3ccc(Cl)cc32)CC1(C)C. The van der Waals surface area contributed by atoms with Crippen molar-refractivity contribution in [2.75, 3.05) is 26.7 Å². The molecule has 0 saturated carbocycles. The van der Waals surface area contributed by atoms with E-state index in [0.29, 0.717) is 12.0 Å². The summed E-state index contributed by atoms with van der Waals surface area (Å²) in [6, 6.07) is 13.6. The number of halogens is 2. The Bertz CT molecular complexity index is 802. The van der Waals surface area contributed by atoms with Gasteiger partial charge in [-0.15, -0.1) is 0 Å². The Morgan fingerprint density at radius 3 is 2.46 bits per heavy atom. The molecule has 1 fully saturated rings. The highest BCUT2D eigenvalue weighted by Crippen LogP contribution is 2.48. The monoisotopic (exact) mass is 372 g/mol. The van der Waals surface area contributed by atoms with Crippen LogP contribution in [-0.4, -0.2) is 42.0 Å². The summed E-state index contributed by atoms with van der Waals surface area (Å²) in [5, 5.41) is 0.793. The first-order valence-corrected chi connectivity index (χ1v) is 9.73. The van der Waals surface area contributed by atoms with Gasteiger partial charge in [0, 0.05) is 42.2 Å². The van der Waals surface area contributed by atoms with Gasteiger partial charge >= 0.3 is 0 Å². The predicted octanol–water partition coefficient (Wildman–Crippen LogP) is 5.08. The zero-order valence-corrected chi connectivity index (χ0v) is 16.4. The molecule has 1 aliphatic carbocycles. The van der Waals surface area contributed by atoms with E-state index in [1.807, 2.05) is 18.2 Å². The highest BCUT2D eigenvalue weighted by molar-refractivity contribution is 6.30. The maximum atomic E-state index is 13.4. The van der Waals surface area contributed by atoms with Crippen molar-refractivity contribution in [1.82, 2.24) is 9.80 Å². The minimum atomic E-state index is -0.180. The maximum absolute atomic E-state index is 13.4. The summed E-state index contributed by atoms with van der Waals surface area (Å²) in [6.07, 6.45) is 1.03. The van der Waals surface area contributed by atoms with Crippen molar-refractivity contribution in [3.05, 3.63) is 70.0 Å². The van der Waals surface area contributed by atoms with Crippen LogP contribution in [0.3, 0.4) is 0 Å². The fourth-order valence-electron chi connectivity index (χ4n) is 4.53. The Balaban J connectivity index is 1.69. The first kappa shape index (κ1) is 18.0. The number of benzene rings is 2. The van der Waals surface area contributed by atoms with Gasteiger partial charge in [0.15, 0.2) is 0 Å². The Morgan fingerprint density at radius 2 is 1.77 bits per heavy atom. The highest BCUT2D eigenvalue weighted by atomic mass is 35.5. The molecule has 1 saturated heterocycles. The van der Waals surface area contributed by atoms with Crippen LogP contribution in [0, 0.1) is 5.82 Å². The quantitative estimate of drug-likeness (QED) is 0.725. The highest BCUT2D eigenvalue weighted by Gasteiger charge is 2.40. The van der Waals surface area contributed by atoms with Crippen LogP contribution in [0.5, 0.6) is 0 Å². The van der Waals surface area contributed by atoms with Gasteiger partial charge in [-0.05, 0) is 68.3 Å². The van der Waals surface area contributed by atoms with Gasteiger partial charge in [-0.1, -0.05) is 29.8 Å². The van der Waals surface area contributed by atoms with Crippen LogP contribution in [0.15, 0.2) is 42.5 Å². The zero-order valence-electron chi connectivity index (χ0n) is 15.7. The smallest absolute Gasteiger partial charge is 0.123 e. The normalized spacial score (nSPS) is 26.0. The molecule has 2 aliphatic rings. The third kappa shape index (κ3) is 3.17. The van der Waals surface area contributed by atoms with Gasteiger partial charge in [-0.3, -0.25) is 9.80 Å². The van der Waals surface area contributed by atoms with Crippen LogP contribution in [0.2, 0.25) is 5.02 Å². The average molecular weight is 373 g/mol. The van der Waals surface area contributed by atoms with Crippen LogP contribution in [0.25, 0.3) is 0 Å². The second-order valence-corrected chi connectivity index (χ2v) is 8.77. The number of likely N-dealkylation sites (N-methyl/N-ethyl adjacent to an activating group) is 1. The van der Waals surface area contributed by atoms with E-state index in [1.54, 1.807) is 12.1 Å². The number of piperazine rings is 1. The average Bonchev–Trinajstić information content (AvgIpc) is 2.96. The van der Waals surface area contributed by atoms with Crippen LogP contribution >= 0.6 is 11.6 Å². The van der Waals surface area contributed by atoms with Crippen LogP contribution in [0.1, 0.15) is 48.9 Å². The molecule has 2 aromatic rings. The van der Waals surface area contributed by atoms with Gasteiger partial charge in [0.1, 0.15) is 5.82 Å². The van der Waals surface area contributed by atoms with Crippen molar-refractivity contribution >= 4 is 11.6 Å². The molecule has 0 N–H and O–H groups in total. The molecule has 2 nitrogen and oxygen atoms in total. The molecular weight excluding hydrogens is 347 g/mol. The van der Waals surface area contributed by atoms with Crippen molar-refractivity contribution < 1.29 is 4.39 Å². The van der Waals surface area contributed by atoms with Crippen LogP contribution < -0.4 is 0 Å². The van der Waals surface area contributed by atoms with E-state index in [9.17, 15) is 4.39 Å². The molecule has 26 heavy (non-hydrogen) atoms. The van der Waals surface area contributed by atoms with Gasteiger partial charge in [0.05, 0.1) is 0 Å². The largest absolute Gasteiger partial charge is 0.299 e. The predicted molar refractivity (Wildman–Crippen MR) is 105 cm³/mol. The van der Waals surface area contributed by atoms with Gasteiger partial charge in [-0.25, -0.2) is 4.39 Å². The number of hydrogen-bond acceptors (Lipinski definition) is 2. The van der Waals surface area contributed by atoms with Crippen molar-refractivity contribution in [2.24, 2.45) is 0 Å². The van der Waals surface area contributed by atoms with E-state index in [4.69, 9.17) is 11.6 Å². The lowest BCUT2D eigenvalue weighted by atomic mass is 9.93. The number of fused-ring (bicyclic) bond motifs is 1. The molecule has 2 aromatic carbocycles. The standard InChI is InChI=1S/C22H26ClFN2/c1-22(2)14-26(11-10-25(22)3)21-13-19(15-4-7-17(24)8-5-15)18-9-6-16(23)12-20(18)21/h4-9,12,19,21H,10-11,13-14H2,1-3H3/t19-,21+/m0/s1. The van der Waals surface area contributed by atoms with E-state index in [-0.39, 0.29) is 11.4 Å². The summed E-state index contributed by atoms with van der Waals surface area (Å²) >= 11 is 6.34. The molecular formula is C22H26ClFN2. The summed E-state index contributed by atoms with van der Waals surface area (Å²) in [6.45, 7) is 7.79. The van der Waals surface area contributed by atoms with Crippen molar-refractivity contribution in [1.29, 1.82) is 0 Å². The summed E-state index contributed by atoms with van der Waals surface area (Å²) in [5.74, 6) is 0.121.